The molecule has 1 fully saturated rings. The highest BCUT2D eigenvalue weighted by Gasteiger charge is 2.20. The molecular formula is C18H24N2O3. The van der Waals surface area contributed by atoms with E-state index in [1.54, 1.807) is 13.1 Å². The van der Waals surface area contributed by atoms with Crippen molar-refractivity contribution in [2.75, 3.05) is 27.2 Å². The first-order valence-corrected chi connectivity index (χ1v) is 8.17. The minimum absolute atomic E-state index is 0.164. The molecule has 0 saturated carbocycles. The Hall–Kier alpha value is -1.85. The van der Waals surface area contributed by atoms with Crippen molar-refractivity contribution in [1.82, 2.24) is 9.96 Å². The Morgan fingerprint density at radius 2 is 2.26 bits per heavy atom. The largest absolute Gasteiger partial charge is 0.461 e. The number of carbonyl (C=O) groups excluding carboxylic acids is 1. The lowest BCUT2D eigenvalue weighted by atomic mass is 10.1. The van der Waals surface area contributed by atoms with E-state index >= 15 is 0 Å². The van der Waals surface area contributed by atoms with Gasteiger partial charge in [-0.2, -0.15) is 0 Å². The van der Waals surface area contributed by atoms with E-state index < -0.39 is 0 Å². The molecule has 1 aliphatic heterocycles. The highest BCUT2D eigenvalue weighted by molar-refractivity contribution is 5.97. The van der Waals surface area contributed by atoms with Gasteiger partial charge in [0.05, 0.1) is 7.11 Å². The normalized spacial score (nSPS) is 18.7. The molecule has 0 bridgehead atoms. The third-order valence-electron chi connectivity index (χ3n) is 4.71. The van der Waals surface area contributed by atoms with E-state index in [9.17, 15) is 4.79 Å². The molecule has 3 rings (SSSR count). The lowest BCUT2D eigenvalue weighted by Gasteiger charge is -2.19. The van der Waals surface area contributed by atoms with Crippen LogP contribution in [0.2, 0.25) is 0 Å². The van der Waals surface area contributed by atoms with Crippen LogP contribution in [0.5, 0.6) is 0 Å². The van der Waals surface area contributed by atoms with Crippen molar-refractivity contribution in [3.63, 3.8) is 0 Å². The molecule has 1 aromatic heterocycles. The Morgan fingerprint density at radius 1 is 1.43 bits per heavy atom. The van der Waals surface area contributed by atoms with Gasteiger partial charge in [0.15, 0.2) is 0 Å². The standard InChI is InChI=1S/C18H24N2O3/c1-13-5-4-9-20(13)10-8-16-12-15-11-14(6-7-17(15)23-16)18(21)19(2)22-3/h6-7,11-13H,4-5,8-10H2,1-3H3/t13-/m1/s1. The molecular weight excluding hydrogens is 292 g/mol. The number of benzene rings is 1. The van der Waals surface area contributed by atoms with Crippen molar-refractivity contribution < 1.29 is 14.0 Å². The summed E-state index contributed by atoms with van der Waals surface area (Å²) in [6, 6.07) is 8.20. The molecule has 2 aromatic rings. The molecule has 23 heavy (non-hydrogen) atoms. The van der Waals surface area contributed by atoms with Gasteiger partial charge in [-0.05, 0) is 50.6 Å². The highest BCUT2D eigenvalue weighted by Crippen LogP contribution is 2.23. The Balaban J connectivity index is 1.72. The molecule has 5 heteroatoms. The van der Waals surface area contributed by atoms with Crippen molar-refractivity contribution in [3.05, 3.63) is 35.6 Å². The maximum absolute atomic E-state index is 12.1. The number of carbonyl (C=O) groups is 1. The van der Waals surface area contributed by atoms with Gasteiger partial charge in [-0.25, -0.2) is 5.06 Å². The summed E-state index contributed by atoms with van der Waals surface area (Å²) in [6.45, 7) is 4.50. The van der Waals surface area contributed by atoms with E-state index in [1.165, 1.54) is 31.6 Å². The molecule has 5 nitrogen and oxygen atoms in total. The van der Waals surface area contributed by atoms with Crippen LogP contribution in [0.4, 0.5) is 0 Å². The lowest BCUT2D eigenvalue weighted by molar-refractivity contribution is -0.0756. The minimum atomic E-state index is -0.164. The van der Waals surface area contributed by atoms with Gasteiger partial charge in [0.25, 0.3) is 5.91 Å². The SMILES string of the molecule is CON(C)C(=O)c1ccc2oc(CCN3CCC[C@H]3C)cc2c1. The summed E-state index contributed by atoms with van der Waals surface area (Å²) in [4.78, 5) is 19.6. The van der Waals surface area contributed by atoms with Crippen LogP contribution in [0, 0.1) is 0 Å². The molecule has 0 aliphatic carbocycles. The van der Waals surface area contributed by atoms with Gasteiger partial charge < -0.3 is 9.32 Å². The fourth-order valence-corrected chi connectivity index (χ4v) is 3.20. The second-order valence-corrected chi connectivity index (χ2v) is 6.23. The Bertz CT molecular complexity index is 695. The molecule has 0 radical (unpaired) electrons. The molecule has 1 amide bonds. The first-order valence-electron chi connectivity index (χ1n) is 8.17. The topological polar surface area (TPSA) is 45.9 Å². The average molecular weight is 316 g/mol. The molecule has 124 valence electrons. The fourth-order valence-electron chi connectivity index (χ4n) is 3.20. The molecule has 1 atom stereocenters. The van der Waals surface area contributed by atoms with E-state index in [2.05, 4.69) is 11.8 Å². The van der Waals surface area contributed by atoms with Crippen LogP contribution >= 0.6 is 0 Å². The maximum atomic E-state index is 12.1. The number of nitrogens with zero attached hydrogens (tertiary/aromatic N) is 2. The van der Waals surface area contributed by atoms with Crippen LogP contribution in [0.1, 0.15) is 35.9 Å². The number of furan rings is 1. The van der Waals surface area contributed by atoms with Crippen LogP contribution in [-0.2, 0) is 11.3 Å². The van der Waals surface area contributed by atoms with Crippen LogP contribution in [0.25, 0.3) is 11.0 Å². The van der Waals surface area contributed by atoms with Gasteiger partial charge in [-0.3, -0.25) is 9.63 Å². The van der Waals surface area contributed by atoms with Crippen LogP contribution < -0.4 is 0 Å². The first-order chi connectivity index (χ1) is 11.1. The quantitative estimate of drug-likeness (QED) is 0.795. The van der Waals surface area contributed by atoms with E-state index in [0.29, 0.717) is 11.6 Å². The molecule has 0 spiro atoms. The van der Waals surface area contributed by atoms with E-state index in [-0.39, 0.29) is 5.91 Å². The Labute approximate surface area is 136 Å². The monoisotopic (exact) mass is 316 g/mol. The minimum Gasteiger partial charge on any atom is -0.461 e. The molecule has 1 aliphatic rings. The van der Waals surface area contributed by atoms with Gasteiger partial charge in [-0.1, -0.05) is 0 Å². The molecule has 1 saturated heterocycles. The lowest BCUT2D eigenvalue weighted by Crippen LogP contribution is -2.28. The second-order valence-electron chi connectivity index (χ2n) is 6.23. The Kier molecular flexibility index (Phi) is 4.68. The van der Waals surface area contributed by atoms with Crippen molar-refractivity contribution in [2.24, 2.45) is 0 Å². The summed E-state index contributed by atoms with van der Waals surface area (Å²) in [5.41, 5.74) is 1.42. The van der Waals surface area contributed by atoms with Crippen LogP contribution in [-0.4, -0.2) is 49.2 Å². The number of hydrogen-bond donors (Lipinski definition) is 0. The third kappa shape index (κ3) is 3.41. The van der Waals surface area contributed by atoms with Crippen LogP contribution in [0.3, 0.4) is 0 Å². The fraction of sp³-hybridized carbons (Fsp3) is 0.500. The number of fused-ring (bicyclic) bond motifs is 1. The zero-order chi connectivity index (χ0) is 16.4. The second kappa shape index (κ2) is 6.72. The zero-order valence-electron chi connectivity index (χ0n) is 14.0. The van der Waals surface area contributed by atoms with E-state index in [0.717, 1.165) is 29.7 Å². The number of hydroxylamine groups is 2. The zero-order valence-corrected chi connectivity index (χ0v) is 14.0. The highest BCUT2D eigenvalue weighted by atomic mass is 16.7. The maximum Gasteiger partial charge on any atom is 0.277 e. The summed E-state index contributed by atoms with van der Waals surface area (Å²) in [6.07, 6.45) is 3.48. The predicted molar refractivity (Wildman–Crippen MR) is 89.3 cm³/mol. The van der Waals surface area contributed by atoms with Crippen molar-refractivity contribution >= 4 is 16.9 Å². The average Bonchev–Trinajstić information content (AvgIpc) is 3.16. The predicted octanol–water partition coefficient (Wildman–Crippen LogP) is 3.09. The first kappa shape index (κ1) is 16.0. The third-order valence-corrected chi connectivity index (χ3v) is 4.71. The summed E-state index contributed by atoms with van der Waals surface area (Å²) in [7, 11) is 3.08. The van der Waals surface area contributed by atoms with Crippen molar-refractivity contribution in [2.45, 2.75) is 32.2 Å². The number of likely N-dealkylation sites (tertiary alicyclic amines) is 1. The molecule has 0 unspecified atom stereocenters. The number of hydrogen-bond acceptors (Lipinski definition) is 4. The van der Waals surface area contributed by atoms with E-state index in [1.807, 2.05) is 18.2 Å². The van der Waals surface area contributed by atoms with Gasteiger partial charge >= 0.3 is 0 Å². The van der Waals surface area contributed by atoms with Gasteiger partial charge in [0, 0.05) is 37.0 Å². The van der Waals surface area contributed by atoms with Gasteiger partial charge in [0.1, 0.15) is 11.3 Å². The molecule has 2 heterocycles. The molecule has 0 N–H and O–H groups in total. The van der Waals surface area contributed by atoms with Gasteiger partial charge in [0.2, 0.25) is 0 Å². The number of rotatable bonds is 5. The van der Waals surface area contributed by atoms with Crippen molar-refractivity contribution in [1.29, 1.82) is 0 Å². The van der Waals surface area contributed by atoms with E-state index in [4.69, 9.17) is 9.25 Å². The summed E-state index contributed by atoms with van der Waals surface area (Å²) in [5.74, 6) is 0.812. The van der Waals surface area contributed by atoms with Gasteiger partial charge in [-0.15, -0.1) is 0 Å². The van der Waals surface area contributed by atoms with Crippen LogP contribution in [0.15, 0.2) is 28.7 Å². The number of amides is 1. The summed E-state index contributed by atoms with van der Waals surface area (Å²) >= 11 is 0. The summed E-state index contributed by atoms with van der Waals surface area (Å²) < 4.78 is 5.90. The molecule has 1 aromatic carbocycles. The smallest absolute Gasteiger partial charge is 0.277 e. The van der Waals surface area contributed by atoms with Crippen molar-refractivity contribution in [3.8, 4) is 0 Å². The Morgan fingerprint density at radius 3 is 2.96 bits per heavy atom. The summed E-state index contributed by atoms with van der Waals surface area (Å²) in [5, 5.41) is 2.18.